The monoisotopic (exact) mass is 194 g/mol. The summed E-state index contributed by atoms with van der Waals surface area (Å²) >= 11 is 0. The van der Waals surface area contributed by atoms with Gasteiger partial charge in [-0.3, -0.25) is 0 Å². The zero-order valence-electron chi connectivity index (χ0n) is 6.58. The van der Waals surface area contributed by atoms with E-state index in [0.717, 1.165) is 0 Å². The predicted molar refractivity (Wildman–Crippen MR) is 37.7 cm³/mol. The minimum absolute atomic E-state index is 0.864. The van der Waals surface area contributed by atoms with E-state index in [-0.39, 0.29) is 0 Å². The van der Waals surface area contributed by atoms with Crippen LogP contribution in [0.1, 0.15) is 0 Å². The molecule has 0 saturated carbocycles. The van der Waals surface area contributed by atoms with Gasteiger partial charge in [0.2, 0.25) is 6.10 Å². The Balaban J connectivity index is 4.09. The summed E-state index contributed by atoms with van der Waals surface area (Å²) in [5, 5.41) is 33.6. The van der Waals surface area contributed by atoms with Crippen LogP contribution in [-0.4, -0.2) is 57.8 Å². The molecular weight excluding hydrogens is 184 g/mol. The summed E-state index contributed by atoms with van der Waals surface area (Å²) in [6, 6.07) is 0. The van der Waals surface area contributed by atoms with Gasteiger partial charge in [-0.05, 0) is 0 Å². The third-order valence-corrected chi connectivity index (χ3v) is 1.14. The molecule has 0 aromatic rings. The molecule has 76 valence electrons. The molecule has 0 radical (unpaired) electrons. The van der Waals surface area contributed by atoms with Gasteiger partial charge in [0.1, 0.15) is 0 Å². The van der Waals surface area contributed by atoms with Crippen LogP contribution in [0.5, 0.6) is 0 Å². The van der Waals surface area contributed by atoms with Crippen molar-refractivity contribution in [2.24, 2.45) is 0 Å². The van der Waals surface area contributed by atoms with E-state index in [1.807, 2.05) is 0 Å². The van der Waals surface area contributed by atoms with Crippen LogP contribution in [0, 0.1) is 0 Å². The van der Waals surface area contributed by atoms with Crippen LogP contribution in [0.4, 0.5) is 0 Å². The van der Waals surface area contributed by atoms with E-state index in [0.29, 0.717) is 0 Å². The number of esters is 1. The number of aliphatic hydroxyl groups is 3. The first-order chi connectivity index (χ1) is 6.02. The van der Waals surface area contributed by atoms with Gasteiger partial charge < -0.3 is 25.2 Å². The highest BCUT2D eigenvalue weighted by Crippen LogP contribution is 1.95. The molecule has 0 aromatic carbocycles. The molecule has 0 aliphatic heterocycles. The fourth-order valence-electron chi connectivity index (χ4n) is 0.459. The van der Waals surface area contributed by atoms with E-state index >= 15 is 0 Å². The van der Waals surface area contributed by atoms with Crippen LogP contribution in [0.2, 0.25) is 0 Å². The molecule has 0 bridgehead atoms. The third kappa shape index (κ3) is 3.83. The van der Waals surface area contributed by atoms with Gasteiger partial charge in [0, 0.05) is 0 Å². The van der Waals surface area contributed by atoms with Crippen LogP contribution in [0.25, 0.3) is 0 Å². The quantitative estimate of drug-likeness (QED) is 0.352. The van der Waals surface area contributed by atoms with Crippen molar-refractivity contribution in [3.8, 4) is 0 Å². The van der Waals surface area contributed by atoms with Crippen molar-refractivity contribution in [2.45, 2.75) is 12.2 Å². The number of carboxylic acid groups (broad SMARTS) is 1. The Bertz CT molecular complexity index is 189. The number of carbonyl (C=O) groups excluding carboxylic acids is 1. The molecule has 0 spiro atoms. The van der Waals surface area contributed by atoms with Gasteiger partial charge in [-0.25, -0.2) is 9.59 Å². The topological polar surface area (TPSA) is 124 Å². The number of aliphatic carboxylic acids is 1. The van der Waals surface area contributed by atoms with Gasteiger partial charge in [-0.1, -0.05) is 0 Å². The lowest BCUT2D eigenvalue weighted by molar-refractivity contribution is -0.173. The van der Waals surface area contributed by atoms with Gasteiger partial charge in [0.25, 0.3) is 0 Å². The average molecular weight is 194 g/mol. The third-order valence-electron chi connectivity index (χ3n) is 1.14. The number of hydrogen-bond donors (Lipinski definition) is 4. The van der Waals surface area contributed by atoms with Crippen LogP contribution >= 0.6 is 0 Å². The number of aliphatic hydroxyl groups excluding tert-OH is 3. The maximum absolute atomic E-state index is 10.6. The summed E-state index contributed by atoms with van der Waals surface area (Å²) in [6.45, 7) is -1.75. The van der Waals surface area contributed by atoms with Gasteiger partial charge >= 0.3 is 11.9 Å². The molecule has 0 amide bonds. The Morgan fingerprint density at radius 3 is 2.08 bits per heavy atom. The second kappa shape index (κ2) is 5.46. The number of hydrogen-bond acceptors (Lipinski definition) is 6. The molecule has 4 N–H and O–H groups in total. The van der Waals surface area contributed by atoms with Crippen molar-refractivity contribution in [3.63, 3.8) is 0 Å². The van der Waals surface area contributed by atoms with Crippen LogP contribution in [0.3, 0.4) is 0 Å². The average Bonchev–Trinajstić information content (AvgIpc) is 2.11. The molecule has 0 heterocycles. The van der Waals surface area contributed by atoms with Crippen molar-refractivity contribution in [1.82, 2.24) is 0 Å². The standard InChI is InChI=1S/C6H10O7/c7-1-3(9)6(12)13-4(2-8)5(10)11/h3-4,7-9H,1-2H2,(H,10,11). The molecule has 0 saturated heterocycles. The molecule has 0 fully saturated rings. The molecule has 0 aliphatic rings. The Hall–Kier alpha value is -1.18. The van der Waals surface area contributed by atoms with E-state index in [1.165, 1.54) is 0 Å². The summed E-state index contributed by atoms with van der Waals surface area (Å²) in [4.78, 5) is 20.8. The Morgan fingerprint density at radius 2 is 1.77 bits per heavy atom. The second-order valence-electron chi connectivity index (χ2n) is 2.14. The first-order valence-corrected chi connectivity index (χ1v) is 3.36. The lowest BCUT2D eigenvalue weighted by Gasteiger charge is -2.12. The Kier molecular flexibility index (Phi) is 4.97. The highest BCUT2D eigenvalue weighted by Gasteiger charge is 2.24. The molecule has 7 nitrogen and oxygen atoms in total. The van der Waals surface area contributed by atoms with Gasteiger partial charge in [0.05, 0.1) is 13.2 Å². The molecule has 0 rings (SSSR count). The zero-order chi connectivity index (χ0) is 10.4. The summed E-state index contributed by atoms with van der Waals surface area (Å²) in [5.41, 5.74) is 0. The van der Waals surface area contributed by atoms with Crippen molar-refractivity contribution in [2.75, 3.05) is 13.2 Å². The maximum Gasteiger partial charge on any atom is 0.347 e. The molecule has 0 aromatic heterocycles. The fraction of sp³-hybridized carbons (Fsp3) is 0.667. The lowest BCUT2D eigenvalue weighted by Crippen LogP contribution is -2.36. The maximum atomic E-state index is 10.6. The number of ether oxygens (including phenoxy) is 1. The smallest absolute Gasteiger partial charge is 0.347 e. The minimum Gasteiger partial charge on any atom is -0.478 e. The SMILES string of the molecule is O=C(OC(CO)C(=O)O)C(O)CO. The highest BCUT2D eigenvalue weighted by molar-refractivity contribution is 5.80. The molecule has 2 unspecified atom stereocenters. The van der Waals surface area contributed by atoms with Crippen LogP contribution < -0.4 is 0 Å². The first kappa shape index (κ1) is 11.8. The predicted octanol–water partition coefficient (Wildman–Crippen LogP) is -2.67. The molecule has 13 heavy (non-hydrogen) atoms. The molecule has 7 heteroatoms. The summed E-state index contributed by atoms with van der Waals surface area (Å²) in [7, 11) is 0. The number of carbonyl (C=O) groups is 2. The molecule has 2 atom stereocenters. The van der Waals surface area contributed by atoms with E-state index in [1.54, 1.807) is 0 Å². The van der Waals surface area contributed by atoms with Gasteiger partial charge in [0.15, 0.2) is 6.10 Å². The minimum atomic E-state index is -1.78. The number of rotatable bonds is 5. The van der Waals surface area contributed by atoms with Crippen molar-refractivity contribution < 1.29 is 34.8 Å². The van der Waals surface area contributed by atoms with E-state index in [9.17, 15) is 9.59 Å². The van der Waals surface area contributed by atoms with Crippen LogP contribution in [-0.2, 0) is 14.3 Å². The normalized spacial score (nSPS) is 14.7. The highest BCUT2D eigenvalue weighted by atomic mass is 16.6. The fourth-order valence-corrected chi connectivity index (χ4v) is 0.459. The summed E-state index contributed by atoms with van der Waals surface area (Å²) in [5.74, 6) is -2.81. The van der Waals surface area contributed by atoms with Crippen molar-refractivity contribution in [3.05, 3.63) is 0 Å². The van der Waals surface area contributed by atoms with E-state index in [2.05, 4.69) is 4.74 Å². The van der Waals surface area contributed by atoms with E-state index < -0.39 is 37.4 Å². The number of carboxylic acids is 1. The Morgan fingerprint density at radius 1 is 1.23 bits per heavy atom. The summed E-state index contributed by atoms with van der Waals surface area (Å²) < 4.78 is 4.12. The largest absolute Gasteiger partial charge is 0.478 e. The second-order valence-corrected chi connectivity index (χ2v) is 2.14. The lowest BCUT2D eigenvalue weighted by atomic mass is 10.3. The molecular formula is C6H10O7. The van der Waals surface area contributed by atoms with Crippen LogP contribution in [0.15, 0.2) is 0 Å². The molecule has 0 aliphatic carbocycles. The van der Waals surface area contributed by atoms with Gasteiger partial charge in [-0.15, -0.1) is 0 Å². The van der Waals surface area contributed by atoms with Crippen molar-refractivity contribution >= 4 is 11.9 Å². The van der Waals surface area contributed by atoms with E-state index in [4.69, 9.17) is 20.4 Å². The Labute approximate surface area is 73.2 Å². The van der Waals surface area contributed by atoms with Crippen molar-refractivity contribution in [1.29, 1.82) is 0 Å². The first-order valence-electron chi connectivity index (χ1n) is 3.36. The zero-order valence-corrected chi connectivity index (χ0v) is 6.58. The van der Waals surface area contributed by atoms with Gasteiger partial charge in [-0.2, -0.15) is 0 Å². The summed E-state index contributed by atoms with van der Waals surface area (Å²) in [6.07, 6.45) is -3.50.